The van der Waals surface area contributed by atoms with E-state index in [9.17, 15) is 0 Å². The highest BCUT2D eigenvalue weighted by Gasteiger charge is 1.99. The van der Waals surface area contributed by atoms with Crippen molar-refractivity contribution in [3.05, 3.63) is 54.4 Å². The molecule has 0 spiro atoms. The van der Waals surface area contributed by atoms with E-state index in [1.165, 1.54) is 0 Å². The monoisotopic (exact) mass is 239 g/mol. The van der Waals surface area contributed by atoms with Gasteiger partial charge in [0.05, 0.1) is 6.20 Å². The Morgan fingerprint density at radius 2 is 1.94 bits per heavy atom. The summed E-state index contributed by atoms with van der Waals surface area (Å²) in [6, 6.07) is 11.7. The molecule has 90 valence electrons. The molecule has 3 aromatic rings. The summed E-state index contributed by atoms with van der Waals surface area (Å²) in [5.41, 5.74) is 8.48. The van der Waals surface area contributed by atoms with Crippen molar-refractivity contribution in [2.45, 2.75) is 6.54 Å². The van der Waals surface area contributed by atoms with Crippen molar-refractivity contribution >= 4 is 17.2 Å². The molecule has 0 aliphatic heterocycles. The van der Waals surface area contributed by atoms with Crippen LogP contribution < -0.4 is 11.1 Å². The average Bonchev–Trinajstić information content (AvgIpc) is 2.87. The molecule has 0 atom stereocenters. The second kappa shape index (κ2) is 4.46. The van der Waals surface area contributed by atoms with Gasteiger partial charge in [-0.2, -0.15) is 5.10 Å². The highest BCUT2D eigenvalue weighted by Crippen LogP contribution is 2.15. The normalized spacial score (nSPS) is 10.7. The number of nitrogens with one attached hydrogen (secondary N) is 1. The fraction of sp³-hybridized carbons (Fsp3) is 0.0769. The van der Waals surface area contributed by atoms with Crippen LogP contribution in [0.4, 0.5) is 11.5 Å². The van der Waals surface area contributed by atoms with Crippen LogP contribution in [0.5, 0.6) is 0 Å². The molecule has 0 fully saturated rings. The van der Waals surface area contributed by atoms with Crippen molar-refractivity contribution in [1.82, 2.24) is 14.6 Å². The summed E-state index contributed by atoms with van der Waals surface area (Å²) in [6.07, 6.45) is 3.60. The number of rotatable bonds is 3. The Bertz CT molecular complexity index is 656. The molecule has 5 nitrogen and oxygen atoms in total. The molecule has 0 radical (unpaired) electrons. The molecule has 2 heterocycles. The molecule has 3 N–H and O–H groups in total. The van der Waals surface area contributed by atoms with Gasteiger partial charge in [0, 0.05) is 24.5 Å². The van der Waals surface area contributed by atoms with Gasteiger partial charge in [0.25, 0.3) is 0 Å². The fourth-order valence-electron chi connectivity index (χ4n) is 1.75. The zero-order valence-corrected chi connectivity index (χ0v) is 9.74. The van der Waals surface area contributed by atoms with Crippen LogP contribution in [0.3, 0.4) is 0 Å². The minimum atomic E-state index is 0.556. The molecule has 0 saturated heterocycles. The molecule has 0 amide bonds. The second-order valence-electron chi connectivity index (χ2n) is 3.97. The maximum absolute atomic E-state index is 5.56. The quantitative estimate of drug-likeness (QED) is 0.732. The molecule has 18 heavy (non-hydrogen) atoms. The number of benzene rings is 1. The molecule has 2 aromatic heterocycles. The molecule has 1 aromatic carbocycles. The predicted molar refractivity (Wildman–Crippen MR) is 70.6 cm³/mol. The minimum Gasteiger partial charge on any atom is -0.340 e. The van der Waals surface area contributed by atoms with Gasteiger partial charge in [-0.25, -0.2) is 9.50 Å². The van der Waals surface area contributed by atoms with Crippen molar-refractivity contribution in [3.63, 3.8) is 0 Å². The van der Waals surface area contributed by atoms with Crippen LogP contribution >= 0.6 is 0 Å². The van der Waals surface area contributed by atoms with E-state index in [0.717, 1.165) is 22.7 Å². The summed E-state index contributed by atoms with van der Waals surface area (Å²) < 4.78 is 1.72. The minimum absolute atomic E-state index is 0.556. The Morgan fingerprint density at radius 3 is 2.72 bits per heavy atom. The summed E-state index contributed by atoms with van der Waals surface area (Å²) in [6.45, 7) is 0.556. The largest absolute Gasteiger partial charge is 0.340 e. The lowest BCUT2D eigenvalue weighted by atomic mass is 10.2. The van der Waals surface area contributed by atoms with E-state index in [1.807, 2.05) is 42.6 Å². The molecule has 0 saturated carbocycles. The first-order chi connectivity index (χ1) is 8.85. The lowest BCUT2D eigenvalue weighted by Gasteiger charge is -2.06. The van der Waals surface area contributed by atoms with Gasteiger partial charge in [0.15, 0.2) is 5.65 Å². The predicted octanol–water partition coefficient (Wildman–Crippen LogP) is 1.93. The second-order valence-corrected chi connectivity index (χ2v) is 3.97. The third kappa shape index (κ3) is 2.03. The third-order valence-corrected chi connectivity index (χ3v) is 2.72. The zero-order chi connectivity index (χ0) is 12.4. The topological polar surface area (TPSA) is 68.2 Å². The van der Waals surface area contributed by atoms with E-state index < -0.39 is 0 Å². The van der Waals surface area contributed by atoms with Crippen LogP contribution in [0.1, 0.15) is 5.56 Å². The maximum atomic E-state index is 5.56. The highest BCUT2D eigenvalue weighted by molar-refractivity contribution is 5.58. The number of nitrogens with zero attached hydrogens (tertiary/aromatic N) is 3. The van der Waals surface area contributed by atoms with Gasteiger partial charge in [-0.05, 0) is 23.8 Å². The Morgan fingerprint density at radius 1 is 1.11 bits per heavy atom. The molecule has 0 bridgehead atoms. The van der Waals surface area contributed by atoms with Crippen molar-refractivity contribution in [2.75, 3.05) is 5.32 Å². The number of hydrogen-bond donors (Lipinski definition) is 2. The van der Waals surface area contributed by atoms with E-state index in [-0.39, 0.29) is 0 Å². The lowest BCUT2D eigenvalue weighted by Crippen LogP contribution is -1.98. The van der Waals surface area contributed by atoms with Crippen LogP contribution in [0.2, 0.25) is 0 Å². The Kier molecular flexibility index (Phi) is 2.66. The fourth-order valence-corrected chi connectivity index (χ4v) is 1.75. The van der Waals surface area contributed by atoms with E-state index in [1.54, 1.807) is 10.7 Å². The third-order valence-electron chi connectivity index (χ3n) is 2.72. The lowest BCUT2D eigenvalue weighted by molar-refractivity contribution is 0.941. The first-order valence-electron chi connectivity index (χ1n) is 5.71. The van der Waals surface area contributed by atoms with Crippen LogP contribution in [0, 0.1) is 0 Å². The molecular formula is C13H13N5. The van der Waals surface area contributed by atoms with Crippen LogP contribution in [-0.4, -0.2) is 14.6 Å². The van der Waals surface area contributed by atoms with Crippen molar-refractivity contribution in [1.29, 1.82) is 0 Å². The van der Waals surface area contributed by atoms with E-state index in [4.69, 9.17) is 5.73 Å². The number of hydrogen-bond acceptors (Lipinski definition) is 4. The van der Waals surface area contributed by atoms with Gasteiger partial charge in [-0.1, -0.05) is 12.1 Å². The Hall–Kier alpha value is -2.40. The van der Waals surface area contributed by atoms with E-state index in [0.29, 0.717) is 6.54 Å². The van der Waals surface area contributed by atoms with Crippen LogP contribution in [0.25, 0.3) is 5.65 Å². The standard InChI is InChI=1S/C13H13N5/c14-9-10-1-3-11(4-2-10)16-12-6-8-18-13(17-12)5-7-15-18/h1-8H,9,14H2,(H,16,17). The van der Waals surface area contributed by atoms with Gasteiger partial charge in [-0.3, -0.25) is 0 Å². The number of anilines is 2. The maximum Gasteiger partial charge on any atom is 0.157 e. The number of fused-ring (bicyclic) bond motifs is 1. The van der Waals surface area contributed by atoms with Gasteiger partial charge >= 0.3 is 0 Å². The average molecular weight is 239 g/mol. The van der Waals surface area contributed by atoms with Gasteiger partial charge in [0.2, 0.25) is 0 Å². The SMILES string of the molecule is NCc1ccc(Nc2ccn3nccc3n2)cc1. The van der Waals surface area contributed by atoms with Crippen molar-refractivity contribution < 1.29 is 0 Å². The number of aromatic nitrogens is 3. The van der Waals surface area contributed by atoms with E-state index >= 15 is 0 Å². The summed E-state index contributed by atoms with van der Waals surface area (Å²) in [5, 5.41) is 7.35. The summed E-state index contributed by atoms with van der Waals surface area (Å²) >= 11 is 0. The van der Waals surface area contributed by atoms with Gasteiger partial charge in [0.1, 0.15) is 5.82 Å². The van der Waals surface area contributed by atoms with Crippen molar-refractivity contribution in [3.8, 4) is 0 Å². The first kappa shape index (κ1) is 10.7. The molecule has 0 aliphatic rings. The molecule has 3 rings (SSSR count). The van der Waals surface area contributed by atoms with Gasteiger partial charge in [-0.15, -0.1) is 0 Å². The first-order valence-corrected chi connectivity index (χ1v) is 5.71. The smallest absolute Gasteiger partial charge is 0.157 e. The van der Waals surface area contributed by atoms with Gasteiger partial charge < -0.3 is 11.1 Å². The van der Waals surface area contributed by atoms with Crippen molar-refractivity contribution in [2.24, 2.45) is 5.73 Å². The Labute approximate surface area is 104 Å². The molecular weight excluding hydrogens is 226 g/mol. The summed E-state index contributed by atoms with van der Waals surface area (Å²) in [5.74, 6) is 0.795. The van der Waals surface area contributed by atoms with E-state index in [2.05, 4.69) is 15.4 Å². The molecule has 0 unspecified atom stereocenters. The van der Waals surface area contributed by atoms with Crippen LogP contribution in [0.15, 0.2) is 48.8 Å². The zero-order valence-electron chi connectivity index (χ0n) is 9.74. The molecule has 0 aliphatic carbocycles. The highest BCUT2D eigenvalue weighted by atomic mass is 15.2. The number of nitrogens with two attached hydrogens (primary N) is 1. The van der Waals surface area contributed by atoms with Crippen LogP contribution in [-0.2, 0) is 6.54 Å². The Balaban J connectivity index is 1.85. The summed E-state index contributed by atoms with van der Waals surface area (Å²) in [4.78, 5) is 4.44. The molecule has 5 heteroatoms. The summed E-state index contributed by atoms with van der Waals surface area (Å²) in [7, 11) is 0.